The number of allylic oxidation sites excluding steroid dienone is 6. The summed E-state index contributed by atoms with van der Waals surface area (Å²) in [7, 11) is 0. The van der Waals surface area contributed by atoms with Crippen molar-refractivity contribution in [2.24, 2.45) is 0 Å². The zero-order valence-electron chi connectivity index (χ0n) is 45.7. The van der Waals surface area contributed by atoms with E-state index in [-0.39, 0.29) is 12.8 Å². The molecular weight excluding hydrogens is 895 g/mol. The zero-order valence-corrected chi connectivity index (χ0v) is 45.7. The highest BCUT2D eigenvalue weighted by Crippen LogP contribution is 2.23. The lowest BCUT2D eigenvalue weighted by molar-refractivity contribution is -0.303. The van der Waals surface area contributed by atoms with E-state index in [0.29, 0.717) is 19.3 Å². The Labute approximate surface area is 435 Å². The minimum atomic E-state index is -1.67. The molecule has 0 aliphatic carbocycles. The lowest BCUT2D eigenvalue weighted by atomic mass is 9.98. The van der Waals surface area contributed by atoms with Crippen LogP contribution in [-0.2, 0) is 14.3 Å². The fraction of sp³-hybridized carbons (Fsp3) is 0.883. The first kappa shape index (κ1) is 67.3. The third-order valence-corrected chi connectivity index (χ3v) is 14.4. The molecule has 0 saturated carbocycles. The Morgan fingerprint density at radius 3 is 1.25 bits per heavy atom. The van der Waals surface area contributed by atoms with Crippen molar-refractivity contribution in [1.29, 1.82) is 0 Å². The van der Waals surface area contributed by atoms with Crippen LogP contribution in [0, 0.1) is 0 Å². The summed E-state index contributed by atoms with van der Waals surface area (Å²) >= 11 is 0. The van der Waals surface area contributed by atoms with Gasteiger partial charge in [-0.1, -0.05) is 243 Å². The number of nitrogens with one attached hydrogen (secondary N) is 1. The van der Waals surface area contributed by atoms with Crippen LogP contribution in [0.15, 0.2) is 36.5 Å². The van der Waals surface area contributed by atoms with E-state index in [9.17, 15) is 40.5 Å². The molecule has 1 saturated heterocycles. The van der Waals surface area contributed by atoms with Gasteiger partial charge in [-0.2, -0.15) is 0 Å². The molecule has 0 aromatic heterocycles. The van der Waals surface area contributed by atoms with Gasteiger partial charge in [0.2, 0.25) is 5.91 Å². The zero-order chi connectivity index (χ0) is 51.8. The Balaban J connectivity index is 2.31. The molecule has 1 aliphatic heterocycles. The van der Waals surface area contributed by atoms with E-state index in [0.717, 1.165) is 44.9 Å². The summed E-state index contributed by atoms with van der Waals surface area (Å²) in [6, 6.07) is -1.19. The first-order chi connectivity index (χ1) is 34.7. The van der Waals surface area contributed by atoms with E-state index in [1.807, 2.05) is 0 Å². The Morgan fingerprint density at radius 1 is 0.479 bits per heavy atom. The lowest BCUT2D eigenvalue weighted by Crippen LogP contribution is -2.60. The van der Waals surface area contributed by atoms with Gasteiger partial charge < -0.3 is 50.5 Å². The van der Waals surface area contributed by atoms with E-state index in [4.69, 9.17) is 9.47 Å². The minimum absolute atomic E-state index is 0.242. The number of carbonyl (C=O) groups excluding carboxylic acids is 1. The first-order valence-electron chi connectivity index (χ1n) is 29.9. The molecule has 9 unspecified atom stereocenters. The van der Waals surface area contributed by atoms with Gasteiger partial charge in [0.15, 0.2) is 6.29 Å². The summed E-state index contributed by atoms with van der Waals surface area (Å²) in [5.74, 6) is -0.708. The quantitative estimate of drug-likeness (QED) is 0.0215. The number of aliphatic hydroxyl groups excluding tert-OH is 7. The summed E-state index contributed by atoms with van der Waals surface area (Å²) in [4.78, 5) is 13.2. The van der Waals surface area contributed by atoms with Crippen molar-refractivity contribution >= 4 is 5.91 Å². The third-order valence-electron chi connectivity index (χ3n) is 14.4. The number of hydrogen-bond donors (Lipinski definition) is 8. The number of rotatable bonds is 51. The predicted octanol–water partition coefficient (Wildman–Crippen LogP) is 12.7. The second-order valence-electron chi connectivity index (χ2n) is 21.0. The second kappa shape index (κ2) is 49.2. The monoisotopic (exact) mass is 1010 g/mol. The van der Waals surface area contributed by atoms with Gasteiger partial charge in [-0.15, -0.1) is 0 Å². The number of unbranched alkanes of at least 4 members (excludes halogenated alkanes) is 33. The summed E-state index contributed by atoms with van der Waals surface area (Å²) in [6.07, 6.45) is 49.2. The van der Waals surface area contributed by atoms with Crippen LogP contribution < -0.4 is 5.32 Å². The van der Waals surface area contributed by atoms with E-state index >= 15 is 0 Å². The van der Waals surface area contributed by atoms with Gasteiger partial charge in [-0.3, -0.25) is 4.79 Å². The number of amides is 1. The van der Waals surface area contributed by atoms with Crippen LogP contribution >= 0.6 is 0 Å². The van der Waals surface area contributed by atoms with Gasteiger partial charge in [0, 0.05) is 0 Å². The van der Waals surface area contributed by atoms with E-state index in [1.54, 1.807) is 0 Å². The molecule has 8 N–H and O–H groups in total. The topological polar surface area (TPSA) is 189 Å². The maximum Gasteiger partial charge on any atom is 0.249 e. The maximum atomic E-state index is 13.2. The smallest absolute Gasteiger partial charge is 0.249 e. The molecule has 0 aromatic carbocycles. The summed E-state index contributed by atoms with van der Waals surface area (Å²) in [6.45, 7) is 3.45. The van der Waals surface area contributed by atoms with Gasteiger partial charge >= 0.3 is 0 Å². The average Bonchev–Trinajstić information content (AvgIpc) is 3.37. The number of carbonyl (C=O) groups is 1. The molecule has 0 bridgehead atoms. The summed E-state index contributed by atoms with van der Waals surface area (Å²) < 4.78 is 11.1. The highest BCUT2D eigenvalue weighted by atomic mass is 16.7. The van der Waals surface area contributed by atoms with Crippen LogP contribution in [0.5, 0.6) is 0 Å². The molecule has 1 heterocycles. The van der Waals surface area contributed by atoms with Crippen LogP contribution in [0.25, 0.3) is 0 Å². The molecule has 1 aliphatic rings. The Hall–Kier alpha value is -1.67. The van der Waals surface area contributed by atoms with Crippen LogP contribution in [-0.4, -0.2) is 110 Å². The van der Waals surface area contributed by atoms with Gasteiger partial charge in [-0.25, -0.2) is 0 Å². The van der Waals surface area contributed by atoms with E-state index < -0.39 is 74.2 Å². The van der Waals surface area contributed by atoms with Crippen LogP contribution in [0.1, 0.15) is 271 Å². The maximum absolute atomic E-state index is 13.2. The minimum Gasteiger partial charge on any atom is -0.394 e. The predicted molar refractivity (Wildman–Crippen MR) is 293 cm³/mol. The SMILES string of the molecule is CCCCCCCC/C=C/CC/C=C/CC/C=C/CCCC(O)C(O)C(COC1OC(CO)C(O)C(O)C1O)NC(=O)C(O)CCCCCCCCCCCCCCCCCCCCCCCCCCC. The van der Waals surface area contributed by atoms with Gasteiger partial charge in [0.05, 0.1) is 25.4 Å². The van der Waals surface area contributed by atoms with Crippen molar-refractivity contribution in [2.75, 3.05) is 13.2 Å². The lowest BCUT2D eigenvalue weighted by Gasteiger charge is -2.40. The molecule has 418 valence electrons. The normalized spacial score (nSPS) is 20.4. The molecule has 1 amide bonds. The van der Waals surface area contributed by atoms with Gasteiger partial charge in [0.1, 0.15) is 36.6 Å². The van der Waals surface area contributed by atoms with Gasteiger partial charge in [0.25, 0.3) is 0 Å². The molecule has 11 nitrogen and oxygen atoms in total. The van der Waals surface area contributed by atoms with Crippen LogP contribution in [0.3, 0.4) is 0 Å². The molecule has 0 aromatic rings. The standard InChI is InChI=1S/C60H113NO10/c1-3-5-7-9-11-13-15-17-19-21-23-24-25-26-27-28-30-32-34-36-38-40-42-44-46-48-53(64)59(69)61-51(50-70-60-58(68)57(67)56(66)54(49-62)71-60)55(65)52(63)47-45-43-41-39-37-35-33-31-29-22-20-18-16-14-12-10-8-6-4-2/h18,20,31,33,39,41,51-58,60,62-68H,3-17,19,21-30,32,34-38,40,42-50H2,1-2H3,(H,61,69)/b20-18+,33-31+,41-39+. The van der Waals surface area contributed by atoms with Crippen molar-refractivity contribution in [3.63, 3.8) is 0 Å². The Kier molecular flexibility index (Phi) is 46.7. The third kappa shape index (κ3) is 37.7. The fourth-order valence-electron chi connectivity index (χ4n) is 9.53. The average molecular weight is 1010 g/mol. The van der Waals surface area contributed by atoms with Crippen LogP contribution in [0.4, 0.5) is 0 Å². The van der Waals surface area contributed by atoms with Gasteiger partial charge in [-0.05, 0) is 64.2 Å². The molecule has 0 radical (unpaired) electrons. The van der Waals surface area contributed by atoms with E-state index in [1.165, 1.54) is 180 Å². The largest absolute Gasteiger partial charge is 0.394 e. The van der Waals surface area contributed by atoms with Crippen molar-refractivity contribution in [2.45, 2.75) is 326 Å². The summed E-state index contributed by atoms with van der Waals surface area (Å²) in [5, 5.41) is 76.1. The van der Waals surface area contributed by atoms with Crippen molar-refractivity contribution in [1.82, 2.24) is 5.32 Å². The molecule has 9 atom stereocenters. The Bertz CT molecular complexity index is 1250. The summed E-state index contributed by atoms with van der Waals surface area (Å²) in [5.41, 5.74) is 0. The number of hydrogen-bond acceptors (Lipinski definition) is 10. The molecule has 11 heteroatoms. The second-order valence-corrected chi connectivity index (χ2v) is 21.0. The number of ether oxygens (including phenoxy) is 2. The molecule has 0 spiro atoms. The van der Waals surface area contributed by atoms with E-state index in [2.05, 4.69) is 55.6 Å². The van der Waals surface area contributed by atoms with Crippen LogP contribution in [0.2, 0.25) is 0 Å². The highest BCUT2D eigenvalue weighted by molar-refractivity contribution is 5.80. The molecule has 1 fully saturated rings. The van der Waals surface area contributed by atoms with Crippen molar-refractivity contribution in [3.8, 4) is 0 Å². The number of aliphatic hydroxyl groups is 7. The van der Waals surface area contributed by atoms with Crippen molar-refractivity contribution < 1.29 is 50.0 Å². The highest BCUT2D eigenvalue weighted by Gasteiger charge is 2.44. The first-order valence-corrected chi connectivity index (χ1v) is 29.9. The fourth-order valence-corrected chi connectivity index (χ4v) is 9.53. The van der Waals surface area contributed by atoms with Crippen molar-refractivity contribution in [3.05, 3.63) is 36.5 Å². The molecule has 1 rings (SSSR count). The molecule has 71 heavy (non-hydrogen) atoms. The molecular formula is C60H113NO10. The Morgan fingerprint density at radius 2 is 0.845 bits per heavy atom.